The first-order valence-corrected chi connectivity index (χ1v) is 8.30. The summed E-state index contributed by atoms with van der Waals surface area (Å²) in [5.41, 5.74) is 2.95. The van der Waals surface area contributed by atoms with Crippen LogP contribution in [-0.2, 0) is 17.9 Å². The first kappa shape index (κ1) is 19.5. The highest BCUT2D eigenvalue weighted by molar-refractivity contribution is 9.10. The third-order valence-electron chi connectivity index (χ3n) is 3.44. The van der Waals surface area contributed by atoms with Gasteiger partial charge in [-0.15, -0.1) is 0 Å². The fourth-order valence-electron chi connectivity index (χ4n) is 2.20. The van der Waals surface area contributed by atoms with Gasteiger partial charge in [-0.25, -0.2) is 0 Å². The number of benzene rings is 2. The van der Waals surface area contributed by atoms with Crippen LogP contribution in [0.3, 0.4) is 0 Å². The molecule has 0 unspecified atom stereocenters. The highest BCUT2D eigenvalue weighted by Crippen LogP contribution is 2.17. The smallest absolute Gasteiger partial charge is 0.367 e. The summed E-state index contributed by atoms with van der Waals surface area (Å²) in [5.74, 6) is -0.178. The van der Waals surface area contributed by atoms with E-state index in [1.54, 1.807) is 36.4 Å². The molecule has 0 radical (unpaired) electrons. The van der Waals surface area contributed by atoms with Gasteiger partial charge < -0.3 is 10.1 Å². The lowest BCUT2D eigenvalue weighted by molar-refractivity contribution is -0.176. The number of alkyl halides is 3. The summed E-state index contributed by atoms with van der Waals surface area (Å²) >= 11 is 3.35. The molecule has 0 heterocycles. The average Bonchev–Trinajstić information content (AvgIpc) is 2.52. The molecule has 134 valence electrons. The van der Waals surface area contributed by atoms with Crippen molar-refractivity contribution < 1.29 is 22.7 Å². The largest absolute Gasteiger partial charge is 0.411 e. The molecule has 0 bridgehead atoms. The van der Waals surface area contributed by atoms with E-state index in [0.717, 1.165) is 15.6 Å². The second-order valence-electron chi connectivity index (χ2n) is 5.57. The van der Waals surface area contributed by atoms with Crippen molar-refractivity contribution in [1.29, 1.82) is 0 Å². The molecule has 0 aliphatic heterocycles. The molecule has 0 saturated carbocycles. The van der Waals surface area contributed by atoms with E-state index < -0.39 is 12.8 Å². The van der Waals surface area contributed by atoms with Crippen molar-refractivity contribution in [1.82, 2.24) is 5.32 Å². The Kier molecular flexibility index (Phi) is 6.61. The van der Waals surface area contributed by atoms with Gasteiger partial charge in [-0.1, -0.05) is 40.2 Å². The van der Waals surface area contributed by atoms with Gasteiger partial charge >= 0.3 is 6.18 Å². The Morgan fingerprint density at radius 1 is 1.12 bits per heavy atom. The van der Waals surface area contributed by atoms with Crippen LogP contribution in [0.1, 0.15) is 27.0 Å². The van der Waals surface area contributed by atoms with E-state index in [1.807, 2.05) is 13.0 Å². The fraction of sp³-hybridized carbons (Fsp3) is 0.278. The van der Waals surface area contributed by atoms with Crippen LogP contribution in [0.25, 0.3) is 0 Å². The van der Waals surface area contributed by atoms with E-state index in [-0.39, 0.29) is 12.5 Å². The van der Waals surface area contributed by atoms with Crippen LogP contribution in [0, 0.1) is 6.92 Å². The molecular formula is C18H17BrF3NO2. The van der Waals surface area contributed by atoms with Crippen LogP contribution >= 0.6 is 15.9 Å². The molecule has 2 aromatic carbocycles. The van der Waals surface area contributed by atoms with Crippen molar-refractivity contribution in [2.45, 2.75) is 26.3 Å². The van der Waals surface area contributed by atoms with Gasteiger partial charge in [0.1, 0.15) is 6.61 Å². The van der Waals surface area contributed by atoms with Crippen LogP contribution < -0.4 is 5.32 Å². The number of hydrogen-bond acceptors (Lipinski definition) is 2. The van der Waals surface area contributed by atoms with E-state index in [4.69, 9.17) is 0 Å². The zero-order valence-electron chi connectivity index (χ0n) is 13.5. The molecular weight excluding hydrogens is 399 g/mol. The molecule has 2 rings (SSSR count). The molecule has 0 fully saturated rings. The summed E-state index contributed by atoms with van der Waals surface area (Å²) in [6, 6.07) is 12.3. The molecule has 2 aromatic rings. The summed E-state index contributed by atoms with van der Waals surface area (Å²) in [5, 5.41) is 2.82. The van der Waals surface area contributed by atoms with Crippen molar-refractivity contribution in [2.75, 3.05) is 6.61 Å². The summed E-state index contributed by atoms with van der Waals surface area (Å²) in [6.07, 6.45) is -4.32. The van der Waals surface area contributed by atoms with Crippen LogP contribution in [0.5, 0.6) is 0 Å². The average molecular weight is 416 g/mol. The Morgan fingerprint density at radius 3 is 2.36 bits per heavy atom. The number of rotatable bonds is 6. The maximum absolute atomic E-state index is 12.2. The minimum atomic E-state index is -4.32. The van der Waals surface area contributed by atoms with Crippen LogP contribution in [0.2, 0.25) is 0 Å². The Bertz CT molecular complexity index is 730. The standard InChI is InChI=1S/C18H17BrF3NO2/c1-12-8-15(19)6-7-16(12)17(24)23-9-13-2-4-14(5-3-13)10-25-11-18(20,21)22/h2-8H,9-11H2,1H3,(H,23,24). The number of carbonyl (C=O) groups excluding carboxylic acids is 1. The van der Waals surface area contributed by atoms with Crippen molar-refractivity contribution in [3.63, 3.8) is 0 Å². The van der Waals surface area contributed by atoms with Gasteiger partial charge in [0.15, 0.2) is 0 Å². The number of amides is 1. The van der Waals surface area contributed by atoms with E-state index in [2.05, 4.69) is 26.0 Å². The van der Waals surface area contributed by atoms with Gasteiger partial charge in [0.05, 0.1) is 6.61 Å². The molecule has 0 aliphatic rings. The third-order valence-corrected chi connectivity index (χ3v) is 3.94. The van der Waals surface area contributed by atoms with Crippen LogP contribution in [0.15, 0.2) is 46.9 Å². The maximum atomic E-state index is 12.2. The summed E-state index contributed by atoms with van der Waals surface area (Å²) in [6.45, 7) is 0.815. The molecule has 1 N–H and O–H groups in total. The Morgan fingerprint density at radius 2 is 1.76 bits per heavy atom. The minimum absolute atomic E-state index is 0.107. The van der Waals surface area contributed by atoms with Crippen LogP contribution in [0.4, 0.5) is 13.2 Å². The Labute approximate surface area is 152 Å². The van der Waals surface area contributed by atoms with E-state index in [9.17, 15) is 18.0 Å². The van der Waals surface area contributed by atoms with Crippen molar-refractivity contribution in [3.05, 3.63) is 69.2 Å². The third kappa shape index (κ3) is 6.51. The molecule has 0 atom stereocenters. The Hall–Kier alpha value is -1.86. The number of carbonyl (C=O) groups is 1. The van der Waals surface area contributed by atoms with Crippen LogP contribution in [-0.4, -0.2) is 18.7 Å². The van der Waals surface area contributed by atoms with Gasteiger partial charge in [-0.2, -0.15) is 13.2 Å². The highest BCUT2D eigenvalue weighted by atomic mass is 79.9. The number of aryl methyl sites for hydroxylation is 1. The quantitative estimate of drug-likeness (QED) is 0.737. The van der Waals surface area contributed by atoms with Gasteiger partial charge in [-0.05, 0) is 41.8 Å². The van der Waals surface area contributed by atoms with Gasteiger partial charge in [0.25, 0.3) is 5.91 Å². The van der Waals surface area contributed by atoms with E-state index in [0.29, 0.717) is 17.7 Å². The molecule has 7 heteroatoms. The topological polar surface area (TPSA) is 38.3 Å². The lowest BCUT2D eigenvalue weighted by Crippen LogP contribution is -2.23. The predicted molar refractivity (Wildman–Crippen MR) is 92.2 cm³/mol. The second kappa shape index (κ2) is 8.49. The lowest BCUT2D eigenvalue weighted by atomic mass is 10.1. The number of nitrogens with one attached hydrogen (secondary N) is 1. The summed E-state index contributed by atoms with van der Waals surface area (Å²) < 4.78 is 41.6. The monoisotopic (exact) mass is 415 g/mol. The molecule has 0 saturated heterocycles. The normalized spacial score (nSPS) is 11.4. The number of ether oxygens (including phenoxy) is 1. The first-order chi connectivity index (χ1) is 11.7. The van der Waals surface area contributed by atoms with Crippen molar-refractivity contribution in [2.24, 2.45) is 0 Å². The maximum Gasteiger partial charge on any atom is 0.411 e. The molecule has 0 aliphatic carbocycles. The van der Waals surface area contributed by atoms with E-state index in [1.165, 1.54) is 0 Å². The second-order valence-corrected chi connectivity index (χ2v) is 6.48. The highest BCUT2D eigenvalue weighted by Gasteiger charge is 2.27. The number of hydrogen-bond donors (Lipinski definition) is 1. The predicted octanol–water partition coefficient (Wildman–Crippen LogP) is 4.77. The lowest BCUT2D eigenvalue weighted by Gasteiger charge is -2.10. The number of halogens is 4. The molecule has 3 nitrogen and oxygen atoms in total. The zero-order valence-corrected chi connectivity index (χ0v) is 15.1. The van der Waals surface area contributed by atoms with Gasteiger partial charge in [0, 0.05) is 16.6 Å². The molecule has 0 spiro atoms. The van der Waals surface area contributed by atoms with Gasteiger partial charge in [-0.3, -0.25) is 4.79 Å². The van der Waals surface area contributed by atoms with Crippen molar-refractivity contribution >= 4 is 21.8 Å². The fourth-order valence-corrected chi connectivity index (χ4v) is 2.67. The van der Waals surface area contributed by atoms with Gasteiger partial charge in [0.2, 0.25) is 0 Å². The van der Waals surface area contributed by atoms with Crippen molar-refractivity contribution in [3.8, 4) is 0 Å². The zero-order chi connectivity index (χ0) is 18.4. The Balaban J connectivity index is 1.85. The SMILES string of the molecule is Cc1cc(Br)ccc1C(=O)NCc1ccc(COCC(F)(F)F)cc1. The summed E-state index contributed by atoms with van der Waals surface area (Å²) in [4.78, 5) is 12.2. The molecule has 0 aromatic heterocycles. The first-order valence-electron chi connectivity index (χ1n) is 7.51. The summed E-state index contributed by atoms with van der Waals surface area (Å²) in [7, 11) is 0. The molecule has 1 amide bonds. The minimum Gasteiger partial charge on any atom is -0.367 e. The van der Waals surface area contributed by atoms with E-state index >= 15 is 0 Å². The molecule has 25 heavy (non-hydrogen) atoms.